The number of esters is 1. The summed E-state index contributed by atoms with van der Waals surface area (Å²) in [4.78, 5) is 22.5. The second-order valence-corrected chi connectivity index (χ2v) is 4.17. The first-order valence-electron chi connectivity index (χ1n) is 6.71. The lowest BCUT2D eigenvalue weighted by atomic mass is 10.2. The number of hydrogen-bond acceptors (Lipinski definition) is 4. The average molecular weight is 259 g/mol. The number of nitrogens with one attached hydrogen (secondary N) is 1. The highest BCUT2D eigenvalue weighted by Crippen LogP contribution is 2.02. The van der Waals surface area contributed by atoms with Gasteiger partial charge >= 0.3 is 12.1 Å². The molecule has 0 heterocycles. The van der Waals surface area contributed by atoms with Crippen molar-refractivity contribution in [2.75, 3.05) is 13.2 Å². The zero-order valence-corrected chi connectivity index (χ0v) is 11.7. The van der Waals surface area contributed by atoms with E-state index >= 15 is 0 Å². The Balaban J connectivity index is 3.58. The van der Waals surface area contributed by atoms with Gasteiger partial charge in [0.05, 0.1) is 13.2 Å². The van der Waals surface area contributed by atoms with Crippen molar-refractivity contribution in [1.82, 2.24) is 5.32 Å². The summed E-state index contributed by atoms with van der Waals surface area (Å²) in [6.45, 7) is 6.14. The van der Waals surface area contributed by atoms with Crippen LogP contribution in [-0.2, 0) is 14.3 Å². The first-order chi connectivity index (χ1) is 8.61. The second kappa shape index (κ2) is 10.9. The van der Waals surface area contributed by atoms with Crippen molar-refractivity contribution >= 4 is 12.1 Å². The SMILES string of the molecule is CCCCCCCOC(=O)C(C)NC(=O)OCC. The van der Waals surface area contributed by atoms with E-state index in [9.17, 15) is 9.59 Å². The van der Waals surface area contributed by atoms with Crippen LogP contribution in [0.2, 0.25) is 0 Å². The first-order valence-corrected chi connectivity index (χ1v) is 6.71. The molecule has 5 heteroatoms. The van der Waals surface area contributed by atoms with Crippen LogP contribution in [0, 0.1) is 0 Å². The molecule has 0 saturated heterocycles. The van der Waals surface area contributed by atoms with Gasteiger partial charge in [0, 0.05) is 0 Å². The monoisotopic (exact) mass is 259 g/mol. The molecule has 5 nitrogen and oxygen atoms in total. The molecular formula is C13H25NO4. The third kappa shape index (κ3) is 8.84. The molecule has 18 heavy (non-hydrogen) atoms. The molecule has 0 fully saturated rings. The molecule has 1 atom stereocenters. The molecule has 1 amide bonds. The summed E-state index contributed by atoms with van der Waals surface area (Å²) < 4.78 is 9.73. The Kier molecular flexibility index (Phi) is 10.1. The Morgan fingerprint density at radius 3 is 2.33 bits per heavy atom. The third-order valence-electron chi connectivity index (χ3n) is 2.46. The maximum atomic E-state index is 11.5. The van der Waals surface area contributed by atoms with E-state index in [0.717, 1.165) is 12.8 Å². The van der Waals surface area contributed by atoms with E-state index in [1.165, 1.54) is 19.3 Å². The maximum Gasteiger partial charge on any atom is 0.407 e. The lowest BCUT2D eigenvalue weighted by molar-refractivity contribution is -0.145. The van der Waals surface area contributed by atoms with E-state index in [4.69, 9.17) is 4.74 Å². The summed E-state index contributed by atoms with van der Waals surface area (Å²) in [5, 5.41) is 2.41. The molecule has 0 spiro atoms. The molecule has 0 radical (unpaired) electrons. The van der Waals surface area contributed by atoms with Gasteiger partial charge in [-0.3, -0.25) is 0 Å². The van der Waals surface area contributed by atoms with E-state index < -0.39 is 18.1 Å². The number of alkyl carbamates (subject to hydrolysis) is 1. The minimum Gasteiger partial charge on any atom is -0.464 e. The first kappa shape index (κ1) is 16.7. The summed E-state index contributed by atoms with van der Waals surface area (Å²) in [7, 11) is 0. The molecule has 0 aliphatic rings. The molecule has 0 aliphatic heterocycles. The third-order valence-corrected chi connectivity index (χ3v) is 2.46. The van der Waals surface area contributed by atoms with Crippen molar-refractivity contribution in [2.24, 2.45) is 0 Å². The van der Waals surface area contributed by atoms with E-state index in [0.29, 0.717) is 6.61 Å². The van der Waals surface area contributed by atoms with Crippen LogP contribution in [-0.4, -0.2) is 31.3 Å². The van der Waals surface area contributed by atoms with Gasteiger partial charge in [-0.2, -0.15) is 0 Å². The van der Waals surface area contributed by atoms with Crippen molar-refractivity contribution in [2.45, 2.75) is 58.9 Å². The van der Waals surface area contributed by atoms with Gasteiger partial charge < -0.3 is 14.8 Å². The van der Waals surface area contributed by atoms with Crippen LogP contribution in [0.4, 0.5) is 4.79 Å². The van der Waals surface area contributed by atoms with Crippen molar-refractivity contribution in [1.29, 1.82) is 0 Å². The summed E-state index contributed by atoms with van der Waals surface area (Å²) in [6, 6.07) is -0.667. The predicted molar refractivity (Wildman–Crippen MR) is 69.3 cm³/mol. The minimum absolute atomic E-state index is 0.283. The Labute approximate surface area is 109 Å². The summed E-state index contributed by atoms with van der Waals surface area (Å²) in [6.07, 6.45) is 4.93. The lowest BCUT2D eigenvalue weighted by Crippen LogP contribution is -2.39. The lowest BCUT2D eigenvalue weighted by Gasteiger charge is -2.12. The highest BCUT2D eigenvalue weighted by atomic mass is 16.6. The number of unbranched alkanes of at least 4 members (excludes halogenated alkanes) is 4. The number of carbonyl (C=O) groups is 2. The molecule has 0 bridgehead atoms. The molecule has 1 N–H and O–H groups in total. The Morgan fingerprint density at radius 2 is 1.72 bits per heavy atom. The van der Waals surface area contributed by atoms with E-state index in [1.807, 2.05) is 0 Å². The molecule has 0 saturated carbocycles. The Morgan fingerprint density at radius 1 is 1.06 bits per heavy atom. The zero-order valence-electron chi connectivity index (χ0n) is 11.7. The van der Waals surface area contributed by atoms with Gasteiger partial charge in [-0.05, 0) is 20.3 Å². The molecule has 0 aliphatic carbocycles. The van der Waals surface area contributed by atoms with E-state index in [1.54, 1.807) is 13.8 Å². The molecule has 0 aromatic rings. The zero-order chi connectivity index (χ0) is 13.8. The Bertz CT molecular complexity index is 243. The van der Waals surface area contributed by atoms with Gasteiger partial charge in [0.2, 0.25) is 0 Å². The van der Waals surface area contributed by atoms with Crippen molar-refractivity contribution in [3.63, 3.8) is 0 Å². The van der Waals surface area contributed by atoms with Crippen molar-refractivity contribution in [3.8, 4) is 0 Å². The standard InChI is InChI=1S/C13H25NO4/c1-4-6-7-8-9-10-18-12(15)11(3)14-13(16)17-5-2/h11H,4-10H2,1-3H3,(H,14,16). The van der Waals surface area contributed by atoms with Gasteiger partial charge in [0.1, 0.15) is 6.04 Å². The van der Waals surface area contributed by atoms with Crippen LogP contribution in [0.5, 0.6) is 0 Å². The number of ether oxygens (including phenoxy) is 2. The van der Waals surface area contributed by atoms with E-state index in [-0.39, 0.29) is 6.61 Å². The highest BCUT2D eigenvalue weighted by Gasteiger charge is 2.17. The quantitative estimate of drug-likeness (QED) is 0.510. The fourth-order valence-electron chi connectivity index (χ4n) is 1.41. The summed E-state index contributed by atoms with van der Waals surface area (Å²) in [5.41, 5.74) is 0. The number of hydrogen-bond donors (Lipinski definition) is 1. The molecule has 0 aromatic heterocycles. The van der Waals surface area contributed by atoms with Gasteiger partial charge in [0.25, 0.3) is 0 Å². The fraction of sp³-hybridized carbons (Fsp3) is 0.846. The average Bonchev–Trinajstić information content (AvgIpc) is 2.33. The summed E-state index contributed by atoms with van der Waals surface area (Å²) in [5.74, 6) is -0.418. The molecule has 106 valence electrons. The molecule has 0 rings (SSSR count). The smallest absolute Gasteiger partial charge is 0.407 e. The molecule has 1 unspecified atom stereocenters. The minimum atomic E-state index is -0.667. The van der Waals surface area contributed by atoms with Gasteiger partial charge in [-0.25, -0.2) is 9.59 Å². The van der Waals surface area contributed by atoms with Crippen LogP contribution in [0.25, 0.3) is 0 Å². The van der Waals surface area contributed by atoms with Crippen LogP contribution in [0.1, 0.15) is 52.9 Å². The normalized spacial score (nSPS) is 11.7. The van der Waals surface area contributed by atoms with Gasteiger partial charge in [-0.1, -0.05) is 32.6 Å². The van der Waals surface area contributed by atoms with Gasteiger partial charge in [-0.15, -0.1) is 0 Å². The molecule has 0 aromatic carbocycles. The predicted octanol–water partition coefficient (Wildman–Crippen LogP) is 2.63. The number of carbonyl (C=O) groups excluding carboxylic acids is 2. The van der Waals surface area contributed by atoms with Crippen LogP contribution >= 0.6 is 0 Å². The number of amides is 1. The van der Waals surface area contributed by atoms with E-state index in [2.05, 4.69) is 17.0 Å². The highest BCUT2D eigenvalue weighted by molar-refractivity contribution is 5.80. The Hall–Kier alpha value is -1.26. The van der Waals surface area contributed by atoms with Crippen LogP contribution in [0.15, 0.2) is 0 Å². The van der Waals surface area contributed by atoms with Gasteiger partial charge in [0.15, 0.2) is 0 Å². The maximum absolute atomic E-state index is 11.5. The topological polar surface area (TPSA) is 64.6 Å². The van der Waals surface area contributed by atoms with Crippen LogP contribution < -0.4 is 5.32 Å². The van der Waals surface area contributed by atoms with Crippen molar-refractivity contribution < 1.29 is 19.1 Å². The number of rotatable bonds is 9. The summed E-state index contributed by atoms with van der Waals surface area (Å²) >= 11 is 0. The largest absolute Gasteiger partial charge is 0.464 e. The fourth-order valence-corrected chi connectivity index (χ4v) is 1.41. The van der Waals surface area contributed by atoms with Crippen molar-refractivity contribution in [3.05, 3.63) is 0 Å². The second-order valence-electron chi connectivity index (χ2n) is 4.17. The van der Waals surface area contributed by atoms with Crippen LogP contribution in [0.3, 0.4) is 0 Å². The molecular weight excluding hydrogens is 234 g/mol.